The van der Waals surface area contributed by atoms with E-state index in [-0.39, 0.29) is 11.2 Å². The Morgan fingerprint density at radius 1 is 0.629 bits per heavy atom. The highest BCUT2D eigenvalue weighted by Gasteiger charge is 2.17. The Hall–Kier alpha value is -0.220. The van der Waals surface area contributed by atoms with E-state index >= 15 is 0 Å². The normalized spacial score (nSPS) is 13.9. The second-order valence-electron chi connectivity index (χ2n) is 11.0. The molecule has 2 atom stereocenters. The number of hydrogen-bond acceptors (Lipinski definition) is 5. The Balaban J connectivity index is 3.63. The van der Waals surface area contributed by atoms with Crippen LogP contribution in [0.4, 0.5) is 0 Å². The van der Waals surface area contributed by atoms with Crippen molar-refractivity contribution in [3.05, 3.63) is 0 Å². The lowest BCUT2D eigenvalue weighted by molar-refractivity contribution is -0.216. The van der Waals surface area contributed by atoms with E-state index in [0.717, 1.165) is 90.2 Å². The molecule has 0 N–H and O–H groups in total. The van der Waals surface area contributed by atoms with Crippen molar-refractivity contribution in [2.45, 2.75) is 127 Å². The maximum Gasteiger partial charge on any atom is 0.233 e. The number of carbonyl (C=O) groups excluding carboxylic acids is 2. The fraction of sp³-hybridized carbons (Fsp3) is 0.923. The quantitative estimate of drug-likeness (QED) is 0.0570. The lowest BCUT2D eigenvalue weighted by Gasteiger charge is -2.26. The molecule has 0 fully saturated rings. The molecule has 0 spiro atoms. The molecule has 0 aliphatic carbocycles. The number of amides is 2. The molecule has 2 unspecified atom stereocenters. The number of rotatable bonds is 22. The van der Waals surface area contributed by atoms with Gasteiger partial charge in [0, 0.05) is 36.0 Å². The highest BCUT2D eigenvalue weighted by atomic mass is 79.9. The van der Waals surface area contributed by atoms with Gasteiger partial charge in [0.2, 0.25) is 12.8 Å². The first-order valence-electron chi connectivity index (χ1n) is 13.0. The van der Waals surface area contributed by atoms with E-state index in [9.17, 15) is 9.59 Å². The molecule has 2 amide bonds. The van der Waals surface area contributed by atoms with Crippen LogP contribution in [0, 0.1) is 0 Å². The summed E-state index contributed by atoms with van der Waals surface area (Å²) in [4.78, 5) is 34.3. The second-order valence-corrected chi connectivity index (χ2v) is 13.6. The van der Waals surface area contributed by atoms with Gasteiger partial charge in [-0.25, -0.2) is 10.1 Å². The van der Waals surface area contributed by atoms with Crippen LogP contribution in [0.25, 0.3) is 0 Å². The molecule has 35 heavy (non-hydrogen) atoms. The highest BCUT2D eigenvalue weighted by molar-refractivity contribution is 9.09. The van der Waals surface area contributed by atoms with Crippen molar-refractivity contribution in [2.75, 3.05) is 26.3 Å². The van der Waals surface area contributed by atoms with E-state index in [1.54, 1.807) is 0 Å². The minimum absolute atomic E-state index is 0.351. The molecule has 208 valence electrons. The monoisotopic (exact) mass is 628 g/mol. The van der Waals surface area contributed by atoms with Gasteiger partial charge in [-0.15, -0.1) is 0 Å². The van der Waals surface area contributed by atoms with Crippen LogP contribution >= 0.6 is 31.9 Å². The summed E-state index contributed by atoms with van der Waals surface area (Å²) in [5.74, 6) is 0. The minimum Gasteiger partial charge on any atom is -0.381 e. The molecule has 0 saturated carbocycles. The number of halogens is 2. The fourth-order valence-electron chi connectivity index (χ4n) is 3.41. The zero-order valence-electron chi connectivity index (χ0n) is 22.9. The van der Waals surface area contributed by atoms with Gasteiger partial charge in [0.25, 0.3) is 0 Å². The zero-order valence-corrected chi connectivity index (χ0v) is 26.1. The van der Waals surface area contributed by atoms with Gasteiger partial charge in [0.1, 0.15) is 0 Å². The molecule has 0 aliphatic rings. The number of carbonyl (C=O) groups is 2. The molecule has 0 aromatic rings. The van der Waals surface area contributed by atoms with Gasteiger partial charge in [-0.05, 0) is 92.9 Å². The van der Waals surface area contributed by atoms with Crippen molar-refractivity contribution in [1.82, 2.24) is 10.1 Å². The molecule has 0 rings (SSSR count). The van der Waals surface area contributed by atoms with E-state index in [2.05, 4.69) is 31.9 Å². The average Bonchev–Trinajstić information content (AvgIpc) is 2.75. The second kappa shape index (κ2) is 19.8. The summed E-state index contributed by atoms with van der Waals surface area (Å²) in [5, 5.41) is 2.80. The number of unbranched alkanes of at least 4 members (excludes halogenated alkanes) is 2. The first kappa shape index (κ1) is 34.8. The van der Waals surface area contributed by atoms with Crippen molar-refractivity contribution in [1.29, 1.82) is 0 Å². The Morgan fingerprint density at radius 2 is 0.971 bits per heavy atom. The molecule has 0 bridgehead atoms. The Bertz CT molecular complexity index is 495. The average molecular weight is 631 g/mol. The molecule has 9 heteroatoms. The molecular formula is C26H50Br2N2O5. The summed E-state index contributed by atoms with van der Waals surface area (Å²) in [7, 11) is 0. The first-order chi connectivity index (χ1) is 16.4. The van der Waals surface area contributed by atoms with Crippen molar-refractivity contribution in [2.24, 2.45) is 0 Å². The van der Waals surface area contributed by atoms with E-state index in [4.69, 9.17) is 14.4 Å². The number of ether oxygens (including phenoxy) is 1. The molecule has 0 aliphatic heterocycles. The molecule has 0 heterocycles. The van der Waals surface area contributed by atoms with Crippen molar-refractivity contribution < 1.29 is 24.0 Å². The van der Waals surface area contributed by atoms with Crippen LogP contribution in [-0.4, -0.2) is 70.1 Å². The van der Waals surface area contributed by atoms with E-state index < -0.39 is 0 Å². The van der Waals surface area contributed by atoms with Crippen LogP contribution < -0.4 is 0 Å². The lowest BCUT2D eigenvalue weighted by Crippen LogP contribution is -2.33. The number of hydroxylamine groups is 4. The topological polar surface area (TPSA) is 68.3 Å². The van der Waals surface area contributed by atoms with Crippen LogP contribution in [-0.2, 0) is 24.0 Å². The minimum atomic E-state index is -0.351. The largest absolute Gasteiger partial charge is 0.381 e. The fourth-order valence-corrected chi connectivity index (χ4v) is 4.71. The third-order valence-corrected chi connectivity index (χ3v) is 6.75. The predicted octanol–water partition coefficient (Wildman–Crippen LogP) is 6.81. The van der Waals surface area contributed by atoms with Crippen LogP contribution in [0.1, 0.15) is 106 Å². The van der Waals surface area contributed by atoms with Gasteiger partial charge in [-0.2, -0.15) is 0 Å². The number of hydrogen-bond donors (Lipinski definition) is 0. The molecule has 0 aromatic heterocycles. The molecule has 0 radical (unpaired) electrons. The van der Waals surface area contributed by atoms with Crippen molar-refractivity contribution in [3.63, 3.8) is 0 Å². The molecule has 0 saturated heterocycles. The summed E-state index contributed by atoms with van der Waals surface area (Å²) in [6, 6.07) is 0. The summed E-state index contributed by atoms with van der Waals surface area (Å²) in [6.45, 7) is 14.5. The maximum absolute atomic E-state index is 11.1. The third kappa shape index (κ3) is 23.9. The van der Waals surface area contributed by atoms with Crippen molar-refractivity contribution >= 4 is 44.7 Å². The number of alkyl halides is 2. The Labute approximate surface area is 231 Å². The summed E-state index contributed by atoms with van der Waals surface area (Å²) in [6.07, 6.45) is 11.9. The van der Waals surface area contributed by atoms with E-state index in [0.29, 0.717) is 22.7 Å². The molecular weight excluding hydrogens is 580 g/mol. The third-order valence-electron chi connectivity index (χ3n) is 4.92. The van der Waals surface area contributed by atoms with Crippen LogP contribution in [0.3, 0.4) is 0 Å². The van der Waals surface area contributed by atoms with Gasteiger partial charge in [0.15, 0.2) is 0 Å². The van der Waals surface area contributed by atoms with E-state index in [1.807, 2.05) is 41.5 Å². The molecule has 0 aromatic carbocycles. The van der Waals surface area contributed by atoms with Crippen molar-refractivity contribution in [3.8, 4) is 0 Å². The molecule has 7 nitrogen and oxygen atoms in total. The zero-order chi connectivity index (χ0) is 26.7. The highest BCUT2D eigenvalue weighted by Crippen LogP contribution is 2.18. The number of nitrogens with zero attached hydrogens (tertiary/aromatic N) is 2. The SMILES string of the molecule is CC(C)(C)ON(C=O)CCCCC(Br)CCCOCCCC(Br)CCCCN(C=O)OC(C)(C)C. The lowest BCUT2D eigenvalue weighted by atomic mass is 10.1. The van der Waals surface area contributed by atoms with Crippen LogP contribution in [0.15, 0.2) is 0 Å². The predicted molar refractivity (Wildman–Crippen MR) is 150 cm³/mol. The van der Waals surface area contributed by atoms with Gasteiger partial charge >= 0.3 is 0 Å². The van der Waals surface area contributed by atoms with Gasteiger partial charge in [-0.1, -0.05) is 44.7 Å². The summed E-state index contributed by atoms with van der Waals surface area (Å²) in [5.41, 5.74) is -0.702. The van der Waals surface area contributed by atoms with Crippen LogP contribution in [0.2, 0.25) is 0 Å². The first-order valence-corrected chi connectivity index (χ1v) is 14.9. The Kier molecular flexibility index (Phi) is 19.7. The van der Waals surface area contributed by atoms with E-state index in [1.165, 1.54) is 10.1 Å². The maximum atomic E-state index is 11.1. The summed E-state index contributed by atoms with van der Waals surface area (Å²) < 4.78 is 5.80. The summed E-state index contributed by atoms with van der Waals surface area (Å²) >= 11 is 7.53. The smallest absolute Gasteiger partial charge is 0.233 e. The standard InChI is InChI=1S/C26H50Br2N2O5/c1-25(2,3)34-29(21-31)17-9-7-13-23(27)15-11-19-33-20-12-16-24(28)14-8-10-18-30(22-32)35-26(4,5)6/h21-24H,7-20H2,1-6H3. The van der Waals surface area contributed by atoms with Gasteiger partial charge < -0.3 is 4.74 Å². The van der Waals surface area contributed by atoms with Crippen LogP contribution in [0.5, 0.6) is 0 Å². The van der Waals surface area contributed by atoms with Gasteiger partial charge in [0.05, 0.1) is 11.2 Å². The van der Waals surface area contributed by atoms with Gasteiger partial charge in [-0.3, -0.25) is 19.3 Å². The Morgan fingerprint density at radius 3 is 1.29 bits per heavy atom.